The van der Waals surface area contributed by atoms with Gasteiger partial charge in [0.05, 0.1) is 5.52 Å². The topological polar surface area (TPSA) is 24.9 Å². The van der Waals surface area contributed by atoms with Gasteiger partial charge >= 0.3 is 0 Å². The summed E-state index contributed by atoms with van der Waals surface area (Å²) in [6, 6.07) is 8.71. The van der Waals surface area contributed by atoms with E-state index in [0.29, 0.717) is 5.92 Å². The number of aromatic nitrogens is 1. The Bertz CT molecular complexity index is 558. The molecule has 0 aliphatic heterocycles. The molecule has 1 N–H and O–H groups in total. The van der Waals surface area contributed by atoms with Crippen LogP contribution in [-0.4, -0.2) is 11.5 Å². The monoisotopic (exact) mass is 256 g/mol. The summed E-state index contributed by atoms with van der Waals surface area (Å²) in [5.74, 6) is 0.467. The summed E-state index contributed by atoms with van der Waals surface area (Å²) in [4.78, 5) is 4.84. The molecule has 0 saturated heterocycles. The van der Waals surface area contributed by atoms with E-state index < -0.39 is 0 Å². The largest absolute Gasteiger partial charge is 0.313 e. The average Bonchev–Trinajstić information content (AvgIpc) is 2.39. The van der Waals surface area contributed by atoms with Crippen LogP contribution < -0.4 is 5.32 Å². The highest BCUT2D eigenvalue weighted by molar-refractivity contribution is 5.85. The minimum Gasteiger partial charge on any atom is -0.313 e. The lowest BCUT2D eigenvalue weighted by Crippen LogP contribution is -2.14. The third kappa shape index (κ3) is 3.13. The van der Waals surface area contributed by atoms with Gasteiger partial charge in [-0.05, 0) is 43.0 Å². The van der Waals surface area contributed by atoms with Gasteiger partial charge in [-0.3, -0.25) is 4.98 Å². The molecule has 1 heterocycles. The fraction of sp³-hybridized carbons (Fsp3) is 0.471. The van der Waals surface area contributed by atoms with Crippen molar-refractivity contribution in [1.82, 2.24) is 10.3 Å². The van der Waals surface area contributed by atoms with Crippen LogP contribution in [0.5, 0.6) is 0 Å². The van der Waals surface area contributed by atoms with Crippen molar-refractivity contribution in [3.8, 4) is 0 Å². The van der Waals surface area contributed by atoms with E-state index in [-0.39, 0.29) is 0 Å². The fourth-order valence-electron chi connectivity index (χ4n) is 2.33. The highest BCUT2D eigenvalue weighted by Crippen LogP contribution is 2.24. The Balaban J connectivity index is 2.49. The normalized spacial score (nSPS) is 11.4. The standard InChI is InChI=1S/C17H24N2/c1-5-9-18-11-14-10-16(12(2)3)19-17-13(4)7-6-8-15(14)17/h6-8,10,12,18H,5,9,11H2,1-4H3. The number of para-hydroxylation sites is 1. The maximum Gasteiger partial charge on any atom is 0.0737 e. The lowest BCUT2D eigenvalue weighted by atomic mass is 10.0. The number of aryl methyl sites for hydroxylation is 1. The van der Waals surface area contributed by atoms with Crippen LogP contribution in [0.3, 0.4) is 0 Å². The zero-order valence-electron chi connectivity index (χ0n) is 12.5. The fourth-order valence-corrected chi connectivity index (χ4v) is 2.33. The molecular formula is C17H24N2. The molecule has 0 aliphatic carbocycles. The Morgan fingerprint density at radius 2 is 2.05 bits per heavy atom. The molecule has 1 aromatic heterocycles. The van der Waals surface area contributed by atoms with Crippen LogP contribution in [0.4, 0.5) is 0 Å². The predicted molar refractivity (Wildman–Crippen MR) is 82.6 cm³/mol. The summed E-state index contributed by atoms with van der Waals surface area (Å²) in [6.07, 6.45) is 1.17. The van der Waals surface area contributed by atoms with Crippen LogP contribution in [-0.2, 0) is 6.54 Å². The van der Waals surface area contributed by atoms with E-state index in [0.717, 1.165) is 18.6 Å². The summed E-state index contributed by atoms with van der Waals surface area (Å²) in [7, 11) is 0. The Morgan fingerprint density at radius 1 is 1.26 bits per heavy atom. The van der Waals surface area contributed by atoms with Crippen LogP contribution in [0.25, 0.3) is 10.9 Å². The molecular weight excluding hydrogens is 232 g/mol. The van der Waals surface area contributed by atoms with Gasteiger partial charge in [-0.25, -0.2) is 0 Å². The maximum atomic E-state index is 4.84. The first-order valence-corrected chi connectivity index (χ1v) is 7.23. The summed E-state index contributed by atoms with van der Waals surface area (Å²) in [6.45, 7) is 10.7. The second-order valence-corrected chi connectivity index (χ2v) is 5.51. The second-order valence-electron chi connectivity index (χ2n) is 5.51. The molecule has 19 heavy (non-hydrogen) atoms. The highest BCUT2D eigenvalue weighted by atomic mass is 14.8. The van der Waals surface area contributed by atoms with Crippen molar-refractivity contribution in [2.24, 2.45) is 0 Å². The molecule has 0 radical (unpaired) electrons. The number of nitrogens with one attached hydrogen (secondary N) is 1. The minimum atomic E-state index is 0.467. The lowest BCUT2D eigenvalue weighted by Gasteiger charge is -2.13. The summed E-state index contributed by atoms with van der Waals surface area (Å²) < 4.78 is 0. The molecule has 0 atom stereocenters. The van der Waals surface area contributed by atoms with Crippen molar-refractivity contribution in [1.29, 1.82) is 0 Å². The van der Waals surface area contributed by atoms with E-state index >= 15 is 0 Å². The van der Waals surface area contributed by atoms with E-state index in [9.17, 15) is 0 Å². The summed E-state index contributed by atoms with van der Waals surface area (Å²) in [5.41, 5.74) is 4.97. The first-order chi connectivity index (χ1) is 9.13. The van der Waals surface area contributed by atoms with Gasteiger partial charge in [0.1, 0.15) is 0 Å². The Morgan fingerprint density at radius 3 is 2.74 bits per heavy atom. The average molecular weight is 256 g/mol. The molecule has 0 amide bonds. The third-order valence-corrected chi connectivity index (χ3v) is 3.48. The van der Waals surface area contributed by atoms with E-state index in [1.807, 2.05) is 0 Å². The van der Waals surface area contributed by atoms with Crippen LogP contribution in [0.1, 0.15) is 49.9 Å². The van der Waals surface area contributed by atoms with Crippen LogP contribution >= 0.6 is 0 Å². The van der Waals surface area contributed by atoms with Crippen LogP contribution in [0.15, 0.2) is 24.3 Å². The van der Waals surface area contributed by atoms with Crippen LogP contribution in [0.2, 0.25) is 0 Å². The molecule has 0 spiro atoms. The van der Waals surface area contributed by atoms with Gasteiger partial charge in [-0.2, -0.15) is 0 Å². The molecule has 0 bridgehead atoms. The molecule has 102 valence electrons. The number of rotatable bonds is 5. The second kappa shape index (κ2) is 6.16. The molecule has 0 aliphatic rings. The van der Waals surface area contributed by atoms with E-state index in [2.05, 4.69) is 57.3 Å². The van der Waals surface area contributed by atoms with Crippen molar-refractivity contribution in [2.75, 3.05) is 6.54 Å². The Labute approximate surface area is 116 Å². The van der Waals surface area contributed by atoms with Gasteiger partial charge < -0.3 is 5.32 Å². The maximum absolute atomic E-state index is 4.84. The number of nitrogens with zero attached hydrogens (tertiary/aromatic N) is 1. The zero-order valence-corrected chi connectivity index (χ0v) is 12.5. The van der Waals surface area contributed by atoms with Crippen molar-refractivity contribution < 1.29 is 0 Å². The van der Waals surface area contributed by atoms with Gasteiger partial charge in [0.25, 0.3) is 0 Å². The van der Waals surface area contributed by atoms with E-state index in [1.54, 1.807) is 0 Å². The molecule has 0 saturated carbocycles. The Hall–Kier alpha value is -1.41. The molecule has 2 nitrogen and oxygen atoms in total. The third-order valence-electron chi connectivity index (χ3n) is 3.48. The summed E-state index contributed by atoms with van der Waals surface area (Å²) >= 11 is 0. The van der Waals surface area contributed by atoms with Crippen molar-refractivity contribution >= 4 is 10.9 Å². The number of benzene rings is 1. The molecule has 2 heteroatoms. The predicted octanol–water partition coefficient (Wildman–Crippen LogP) is 4.17. The smallest absolute Gasteiger partial charge is 0.0737 e. The molecule has 2 rings (SSSR count). The summed E-state index contributed by atoms with van der Waals surface area (Å²) in [5, 5.41) is 4.79. The van der Waals surface area contributed by atoms with Gasteiger partial charge in [0.2, 0.25) is 0 Å². The number of pyridine rings is 1. The number of hydrogen-bond donors (Lipinski definition) is 1. The zero-order chi connectivity index (χ0) is 13.8. The van der Waals surface area contributed by atoms with Gasteiger partial charge in [0, 0.05) is 17.6 Å². The Kier molecular flexibility index (Phi) is 4.54. The lowest BCUT2D eigenvalue weighted by molar-refractivity contribution is 0.676. The van der Waals surface area contributed by atoms with Crippen molar-refractivity contribution in [3.05, 3.63) is 41.1 Å². The van der Waals surface area contributed by atoms with Gasteiger partial charge in [-0.1, -0.05) is 39.0 Å². The molecule has 1 aromatic carbocycles. The van der Waals surface area contributed by atoms with Crippen molar-refractivity contribution in [3.63, 3.8) is 0 Å². The van der Waals surface area contributed by atoms with E-state index in [4.69, 9.17) is 4.98 Å². The minimum absolute atomic E-state index is 0.467. The number of fused-ring (bicyclic) bond motifs is 1. The quantitative estimate of drug-likeness (QED) is 0.812. The first-order valence-electron chi connectivity index (χ1n) is 7.23. The molecule has 0 fully saturated rings. The van der Waals surface area contributed by atoms with E-state index in [1.165, 1.54) is 28.6 Å². The first kappa shape index (κ1) is 14.0. The molecule has 0 unspecified atom stereocenters. The molecule has 2 aromatic rings. The van der Waals surface area contributed by atoms with Crippen molar-refractivity contribution in [2.45, 2.75) is 46.6 Å². The highest BCUT2D eigenvalue weighted by Gasteiger charge is 2.09. The number of hydrogen-bond acceptors (Lipinski definition) is 2. The SMILES string of the molecule is CCCNCc1cc(C(C)C)nc2c(C)cccc12. The van der Waals surface area contributed by atoms with Gasteiger partial charge in [0.15, 0.2) is 0 Å². The van der Waals surface area contributed by atoms with Gasteiger partial charge in [-0.15, -0.1) is 0 Å². The van der Waals surface area contributed by atoms with Crippen LogP contribution in [0, 0.1) is 6.92 Å².